The Bertz CT molecular complexity index is 1170. The van der Waals surface area contributed by atoms with Crippen LogP contribution in [0.3, 0.4) is 0 Å². The van der Waals surface area contributed by atoms with Crippen molar-refractivity contribution < 1.29 is 14.0 Å². The van der Waals surface area contributed by atoms with E-state index in [0.29, 0.717) is 28.0 Å². The molecule has 4 aromatic rings. The molecule has 0 bridgehead atoms. The lowest BCUT2D eigenvalue weighted by Gasteiger charge is -2.09. The lowest BCUT2D eigenvalue weighted by atomic mass is 10.2. The molecule has 2 N–H and O–H groups in total. The van der Waals surface area contributed by atoms with Crippen molar-refractivity contribution in [2.24, 2.45) is 0 Å². The number of benzene rings is 2. The minimum Gasteiger partial charge on any atom is -0.461 e. The van der Waals surface area contributed by atoms with Gasteiger partial charge in [-0.15, -0.1) is 10.2 Å². The number of carbonyl (C=O) groups excluding carboxylic acids is 2. The van der Waals surface area contributed by atoms with E-state index in [4.69, 9.17) is 4.42 Å². The largest absolute Gasteiger partial charge is 0.461 e. The summed E-state index contributed by atoms with van der Waals surface area (Å²) in [4.78, 5) is 24.1. The molecule has 2 amide bonds. The first-order chi connectivity index (χ1) is 15.2. The lowest BCUT2D eigenvalue weighted by Crippen LogP contribution is -2.18. The van der Waals surface area contributed by atoms with Crippen molar-refractivity contribution in [1.29, 1.82) is 0 Å². The highest BCUT2D eigenvalue weighted by atomic mass is 32.2. The number of nitrogens with one attached hydrogen (secondary N) is 2. The van der Waals surface area contributed by atoms with Crippen LogP contribution in [0.25, 0.3) is 17.3 Å². The highest BCUT2D eigenvalue weighted by molar-refractivity contribution is 7.99. The number of thioether (sulfide) groups is 1. The van der Waals surface area contributed by atoms with Gasteiger partial charge in [-0.3, -0.25) is 14.2 Å². The van der Waals surface area contributed by atoms with Crippen LogP contribution in [-0.4, -0.2) is 39.4 Å². The van der Waals surface area contributed by atoms with Crippen LogP contribution >= 0.6 is 11.8 Å². The summed E-state index contributed by atoms with van der Waals surface area (Å²) < 4.78 is 7.35. The van der Waals surface area contributed by atoms with Gasteiger partial charge >= 0.3 is 0 Å². The van der Waals surface area contributed by atoms with E-state index in [-0.39, 0.29) is 17.6 Å². The Labute approximate surface area is 182 Å². The molecular formula is C22H19N5O3S. The number of nitrogens with zero attached hydrogens (tertiary/aromatic N) is 3. The molecular weight excluding hydrogens is 414 g/mol. The third-order valence-electron chi connectivity index (χ3n) is 4.38. The maximum Gasteiger partial charge on any atom is 0.251 e. The van der Waals surface area contributed by atoms with Crippen LogP contribution in [0, 0.1) is 0 Å². The van der Waals surface area contributed by atoms with E-state index >= 15 is 0 Å². The Morgan fingerprint density at radius 3 is 2.45 bits per heavy atom. The van der Waals surface area contributed by atoms with Crippen molar-refractivity contribution in [3.8, 4) is 17.3 Å². The highest BCUT2D eigenvalue weighted by Crippen LogP contribution is 2.28. The van der Waals surface area contributed by atoms with Gasteiger partial charge in [0.1, 0.15) is 0 Å². The Morgan fingerprint density at radius 2 is 1.77 bits per heavy atom. The number of rotatable bonds is 7. The second-order valence-corrected chi connectivity index (χ2v) is 7.39. The number of anilines is 1. The minimum atomic E-state index is -0.195. The fourth-order valence-electron chi connectivity index (χ4n) is 2.92. The van der Waals surface area contributed by atoms with Crippen LogP contribution in [0.15, 0.2) is 82.6 Å². The molecule has 0 atom stereocenters. The molecule has 0 radical (unpaired) electrons. The van der Waals surface area contributed by atoms with Crippen LogP contribution in [0.4, 0.5) is 5.69 Å². The molecule has 31 heavy (non-hydrogen) atoms. The van der Waals surface area contributed by atoms with E-state index in [1.165, 1.54) is 11.8 Å². The monoisotopic (exact) mass is 433 g/mol. The standard InChI is InChI=1S/C22H19N5O3S/c1-23-21(29)15-9-11-16(12-10-15)24-19(28)14-31-22-26-25-20(18-8-5-13-30-18)27(22)17-6-3-2-4-7-17/h2-13H,14H2,1H3,(H,23,29)(H,24,28). The SMILES string of the molecule is CNC(=O)c1ccc(NC(=O)CSc2nnc(-c3ccco3)n2-c2ccccc2)cc1. The van der Waals surface area contributed by atoms with E-state index in [1.807, 2.05) is 41.0 Å². The second-order valence-electron chi connectivity index (χ2n) is 6.45. The molecule has 0 spiro atoms. The molecule has 156 valence electrons. The van der Waals surface area contributed by atoms with Gasteiger partial charge in [-0.05, 0) is 48.5 Å². The van der Waals surface area contributed by atoms with Crippen molar-refractivity contribution in [1.82, 2.24) is 20.1 Å². The average Bonchev–Trinajstić information content (AvgIpc) is 3.48. The smallest absolute Gasteiger partial charge is 0.251 e. The molecule has 0 saturated carbocycles. The Kier molecular flexibility index (Phi) is 6.13. The molecule has 4 rings (SSSR count). The number of hydrogen-bond donors (Lipinski definition) is 2. The predicted molar refractivity (Wildman–Crippen MR) is 118 cm³/mol. The maximum absolute atomic E-state index is 12.5. The zero-order valence-electron chi connectivity index (χ0n) is 16.6. The normalized spacial score (nSPS) is 10.6. The fraction of sp³-hybridized carbons (Fsp3) is 0.0909. The van der Waals surface area contributed by atoms with Crippen molar-refractivity contribution in [3.05, 3.63) is 78.6 Å². The van der Waals surface area contributed by atoms with E-state index in [2.05, 4.69) is 20.8 Å². The lowest BCUT2D eigenvalue weighted by molar-refractivity contribution is -0.113. The third-order valence-corrected chi connectivity index (χ3v) is 5.31. The Balaban J connectivity index is 1.48. The zero-order chi connectivity index (χ0) is 21.6. The van der Waals surface area contributed by atoms with Crippen LogP contribution in [0.1, 0.15) is 10.4 Å². The van der Waals surface area contributed by atoms with E-state index < -0.39 is 0 Å². The molecule has 0 aliphatic rings. The van der Waals surface area contributed by atoms with Crippen molar-refractivity contribution >= 4 is 29.3 Å². The molecule has 8 nitrogen and oxygen atoms in total. The number of para-hydroxylation sites is 1. The summed E-state index contributed by atoms with van der Waals surface area (Å²) in [7, 11) is 1.57. The van der Waals surface area contributed by atoms with Gasteiger partial charge in [-0.25, -0.2) is 0 Å². The molecule has 0 saturated heterocycles. The Morgan fingerprint density at radius 1 is 1.00 bits per heavy atom. The minimum absolute atomic E-state index is 0.139. The summed E-state index contributed by atoms with van der Waals surface area (Å²) in [5.41, 5.74) is 2.00. The molecule has 0 aliphatic heterocycles. The second kappa shape index (κ2) is 9.31. The zero-order valence-corrected chi connectivity index (χ0v) is 17.4. The summed E-state index contributed by atoms with van der Waals surface area (Å²) in [6.45, 7) is 0. The van der Waals surface area contributed by atoms with Gasteiger partial charge in [0.2, 0.25) is 11.7 Å². The van der Waals surface area contributed by atoms with E-state index in [9.17, 15) is 9.59 Å². The van der Waals surface area contributed by atoms with Gasteiger partial charge in [0.15, 0.2) is 10.9 Å². The highest BCUT2D eigenvalue weighted by Gasteiger charge is 2.18. The molecule has 0 aliphatic carbocycles. The van der Waals surface area contributed by atoms with E-state index in [0.717, 1.165) is 5.69 Å². The van der Waals surface area contributed by atoms with Crippen molar-refractivity contribution in [3.63, 3.8) is 0 Å². The number of aromatic nitrogens is 3. The molecule has 0 fully saturated rings. The predicted octanol–water partition coefficient (Wildman–Crippen LogP) is 3.62. The van der Waals surface area contributed by atoms with Gasteiger partial charge in [-0.1, -0.05) is 30.0 Å². The van der Waals surface area contributed by atoms with Gasteiger partial charge in [0, 0.05) is 24.0 Å². The third kappa shape index (κ3) is 4.67. The van der Waals surface area contributed by atoms with Crippen LogP contribution in [-0.2, 0) is 4.79 Å². The van der Waals surface area contributed by atoms with Gasteiger partial charge in [0.25, 0.3) is 5.91 Å². The summed E-state index contributed by atoms with van der Waals surface area (Å²) in [6, 6.07) is 19.9. The maximum atomic E-state index is 12.5. The topological polar surface area (TPSA) is 102 Å². The summed E-state index contributed by atoms with van der Waals surface area (Å²) in [5, 5.41) is 14.5. The van der Waals surface area contributed by atoms with Crippen LogP contribution in [0.2, 0.25) is 0 Å². The Hall–Kier alpha value is -3.85. The number of hydrogen-bond acceptors (Lipinski definition) is 6. The van der Waals surface area contributed by atoms with Crippen LogP contribution < -0.4 is 10.6 Å². The summed E-state index contributed by atoms with van der Waals surface area (Å²) >= 11 is 1.27. The van der Waals surface area contributed by atoms with Crippen molar-refractivity contribution in [2.75, 3.05) is 18.1 Å². The number of amides is 2. The van der Waals surface area contributed by atoms with E-state index in [1.54, 1.807) is 43.6 Å². The molecule has 2 aromatic carbocycles. The van der Waals surface area contributed by atoms with Crippen molar-refractivity contribution in [2.45, 2.75) is 5.16 Å². The number of furan rings is 1. The molecule has 2 aromatic heterocycles. The van der Waals surface area contributed by atoms with Gasteiger partial charge in [0.05, 0.1) is 12.0 Å². The van der Waals surface area contributed by atoms with Gasteiger partial charge in [-0.2, -0.15) is 0 Å². The first-order valence-corrected chi connectivity index (χ1v) is 10.4. The first-order valence-electron chi connectivity index (χ1n) is 9.45. The van der Waals surface area contributed by atoms with Gasteiger partial charge < -0.3 is 15.1 Å². The molecule has 9 heteroatoms. The number of carbonyl (C=O) groups is 2. The molecule has 0 unspecified atom stereocenters. The first kappa shape index (κ1) is 20.4. The summed E-state index contributed by atoms with van der Waals surface area (Å²) in [5.74, 6) is 0.911. The summed E-state index contributed by atoms with van der Waals surface area (Å²) in [6.07, 6.45) is 1.58. The quantitative estimate of drug-likeness (QED) is 0.432. The van der Waals surface area contributed by atoms with Crippen LogP contribution in [0.5, 0.6) is 0 Å². The molecule has 2 heterocycles. The fourth-order valence-corrected chi connectivity index (χ4v) is 3.67. The average molecular weight is 433 g/mol.